The van der Waals surface area contributed by atoms with E-state index in [2.05, 4.69) is 5.32 Å². The molecule has 0 atom stereocenters. The molecule has 1 amide bonds. The van der Waals surface area contributed by atoms with E-state index in [1.165, 1.54) is 0 Å². The van der Waals surface area contributed by atoms with Gasteiger partial charge in [0.1, 0.15) is 0 Å². The van der Waals surface area contributed by atoms with Crippen molar-refractivity contribution in [3.8, 4) is 0 Å². The van der Waals surface area contributed by atoms with Gasteiger partial charge in [-0.05, 0) is 36.2 Å². The summed E-state index contributed by atoms with van der Waals surface area (Å²) < 4.78 is 0. The van der Waals surface area contributed by atoms with Crippen molar-refractivity contribution >= 4 is 34.7 Å². The monoisotopic (exact) mass is 300 g/mol. The maximum absolute atomic E-state index is 12.6. The van der Waals surface area contributed by atoms with Gasteiger partial charge in [0.05, 0.1) is 11.4 Å². The largest absolute Gasteiger partial charge is 0.398 e. The number of hydrogen-bond acceptors (Lipinski definition) is 3. The minimum absolute atomic E-state index is 0.0924. The Morgan fingerprint density at radius 3 is 2.76 bits per heavy atom. The predicted octanol–water partition coefficient (Wildman–Crippen LogP) is 2.96. The van der Waals surface area contributed by atoms with Crippen LogP contribution in [0.2, 0.25) is 5.02 Å². The number of rotatable bonds is 2. The SMILES string of the molecule is Cc1ccc(C(=O)c2cc3c(cc2Cl)NC(=O)C3)cc1N. The van der Waals surface area contributed by atoms with Gasteiger partial charge in [-0.1, -0.05) is 23.7 Å². The molecule has 2 aromatic rings. The van der Waals surface area contributed by atoms with Crippen molar-refractivity contribution in [3.05, 3.63) is 57.6 Å². The normalized spacial score (nSPS) is 13.0. The van der Waals surface area contributed by atoms with Crippen LogP contribution in [-0.4, -0.2) is 11.7 Å². The number of nitrogen functional groups attached to an aromatic ring is 1. The Morgan fingerprint density at radius 2 is 2.05 bits per heavy atom. The summed E-state index contributed by atoms with van der Waals surface area (Å²) in [4.78, 5) is 24.0. The molecule has 0 saturated carbocycles. The molecule has 0 unspecified atom stereocenters. The number of aryl methyl sites for hydroxylation is 1. The first-order chi connectivity index (χ1) is 9.95. The summed E-state index contributed by atoms with van der Waals surface area (Å²) in [6, 6.07) is 8.46. The van der Waals surface area contributed by atoms with Gasteiger partial charge in [-0.25, -0.2) is 0 Å². The van der Waals surface area contributed by atoms with Crippen molar-refractivity contribution < 1.29 is 9.59 Å². The van der Waals surface area contributed by atoms with Crippen LogP contribution in [0.3, 0.4) is 0 Å². The van der Waals surface area contributed by atoms with Crippen molar-refractivity contribution in [2.75, 3.05) is 11.1 Å². The Labute approximate surface area is 126 Å². The number of fused-ring (bicyclic) bond motifs is 1. The van der Waals surface area contributed by atoms with E-state index < -0.39 is 0 Å². The summed E-state index contributed by atoms with van der Waals surface area (Å²) in [7, 11) is 0. The van der Waals surface area contributed by atoms with E-state index in [1.807, 2.05) is 6.92 Å². The zero-order chi connectivity index (χ0) is 15.1. The van der Waals surface area contributed by atoms with Crippen LogP contribution in [0.4, 0.5) is 11.4 Å². The molecule has 0 radical (unpaired) electrons. The van der Waals surface area contributed by atoms with Gasteiger partial charge in [0.15, 0.2) is 5.78 Å². The minimum atomic E-state index is -0.200. The Balaban J connectivity index is 2.04. The van der Waals surface area contributed by atoms with E-state index in [1.54, 1.807) is 30.3 Å². The number of halogens is 1. The summed E-state index contributed by atoms with van der Waals surface area (Å²) in [6.45, 7) is 1.88. The third kappa shape index (κ3) is 2.38. The number of benzene rings is 2. The highest BCUT2D eigenvalue weighted by Crippen LogP contribution is 2.31. The standard InChI is InChI=1S/C16H13ClN2O2/c1-8-2-3-9(5-13(8)18)16(21)11-4-10-6-15(20)19-14(10)7-12(11)17/h2-5,7H,6,18H2,1H3,(H,19,20). The lowest BCUT2D eigenvalue weighted by Gasteiger charge is -2.08. The van der Waals surface area contributed by atoms with E-state index in [-0.39, 0.29) is 18.1 Å². The smallest absolute Gasteiger partial charge is 0.228 e. The highest BCUT2D eigenvalue weighted by atomic mass is 35.5. The first-order valence-corrected chi connectivity index (χ1v) is 6.86. The van der Waals surface area contributed by atoms with Gasteiger partial charge in [-0.3, -0.25) is 9.59 Å². The van der Waals surface area contributed by atoms with E-state index in [0.717, 1.165) is 11.1 Å². The van der Waals surface area contributed by atoms with Crippen LogP contribution >= 0.6 is 11.6 Å². The van der Waals surface area contributed by atoms with Crippen molar-refractivity contribution in [2.45, 2.75) is 13.3 Å². The van der Waals surface area contributed by atoms with Crippen LogP contribution < -0.4 is 11.1 Å². The third-order valence-corrected chi connectivity index (χ3v) is 3.92. The second-order valence-electron chi connectivity index (χ2n) is 5.11. The highest BCUT2D eigenvalue weighted by Gasteiger charge is 2.22. The van der Waals surface area contributed by atoms with Crippen molar-refractivity contribution in [1.82, 2.24) is 0 Å². The molecule has 21 heavy (non-hydrogen) atoms. The molecule has 0 bridgehead atoms. The molecule has 0 aromatic heterocycles. The summed E-state index contributed by atoms with van der Waals surface area (Å²) in [5.74, 6) is -0.293. The molecule has 0 spiro atoms. The third-order valence-electron chi connectivity index (χ3n) is 3.60. The van der Waals surface area contributed by atoms with E-state index in [0.29, 0.717) is 27.5 Å². The lowest BCUT2D eigenvalue weighted by Crippen LogP contribution is -2.04. The fourth-order valence-corrected chi connectivity index (χ4v) is 2.61. The number of anilines is 2. The minimum Gasteiger partial charge on any atom is -0.398 e. The molecule has 4 nitrogen and oxygen atoms in total. The Hall–Kier alpha value is -2.33. The van der Waals surface area contributed by atoms with Crippen LogP contribution in [0, 0.1) is 6.92 Å². The van der Waals surface area contributed by atoms with Crippen LogP contribution in [-0.2, 0) is 11.2 Å². The Bertz CT molecular complexity index is 784. The fourth-order valence-electron chi connectivity index (χ4n) is 2.36. The number of carbonyl (C=O) groups is 2. The molecular formula is C16H13ClN2O2. The number of hydrogen-bond donors (Lipinski definition) is 2. The molecule has 106 valence electrons. The summed E-state index contributed by atoms with van der Waals surface area (Å²) in [5.41, 5.74) is 9.65. The molecule has 0 fully saturated rings. The summed E-state index contributed by atoms with van der Waals surface area (Å²) in [5, 5.41) is 3.03. The topological polar surface area (TPSA) is 72.2 Å². The van der Waals surface area contributed by atoms with E-state index in [9.17, 15) is 9.59 Å². The predicted molar refractivity (Wildman–Crippen MR) is 82.8 cm³/mol. The van der Waals surface area contributed by atoms with Gasteiger partial charge in [0.2, 0.25) is 5.91 Å². The average Bonchev–Trinajstić information content (AvgIpc) is 2.79. The Kier molecular flexibility index (Phi) is 3.18. The van der Waals surface area contributed by atoms with Crippen LogP contribution in [0.1, 0.15) is 27.0 Å². The summed E-state index contributed by atoms with van der Waals surface area (Å²) in [6.07, 6.45) is 0.267. The molecule has 0 saturated heterocycles. The van der Waals surface area contributed by atoms with Gasteiger partial charge >= 0.3 is 0 Å². The molecule has 1 aliphatic heterocycles. The lowest BCUT2D eigenvalue weighted by atomic mass is 9.98. The zero-order valence-electron chi connectivity index (χ0n) is 11.4. The molecule has 0 aliphatic carbocycles. The molecule has 5 heteroatoms. The molecule has 2 aromatic carbocycles. The quantitative estimate of drug-likeness (QED) is 0.661. The number of nitrogens with two attached hydrogens (primary N) is 1. The van der Waals surface area contributed by atoms with Gasteiger partial charge < -0.3 is 11.1 Å². The average molecular weight is 301 g/mol. The van der Waals surface area contributed by atoms with Gasteiger partial charge in [0.25, 0.3) is 0 Å². The van der Waals surface area contributed by atoms with Crippen molar-refractivity contribution in [1.29, 1.82) is 0 Å². The first-order valence-electron chi connectivity index (χ1n) is 6.49. The van der Waals surface area contributed by atoms with Gasteiger partial charge in [-0.15, -0.1) is 0 Å². The van der Waals surface area contributed by atoms with Crippen LogP contribution in [0.25, 0.3) is 0 Å². The highest BCUT2D eigenvalue weighted by molar-refractivity contribution is 6.35. The second-order valence-corrected chi connectivity index (χ2v) is 5.52. The van der Waals surface area contributed by atoms with Gasteiger partial charge in [0, 0.05) is 22.5 Å². The molecule has 3 rings (SSSR count). The van der Waals surface area contributed by atoms with Gasteiger partial charge in [-0.2, -0.15) is 0 Å². The number of amides is 1. The molecule has 1 aliphatic rings. The lowest BCUT2D eigenvalue weighted by molar-refractivity contribution is -0.115. The number of carbonyl (C=O) groups excluding carboxylic acids is 2. The van der Waals surface area contributed by atoms with Crippen molar-refractivity contribution in [3.63, 3.8) is 0 Å². The molecule has 3 N–H and O–H groups in total. The maximum atomic E-state index is 12.6. The summed E-state index contributed by atoms with van der Waals surface area (Å²) >= 11 is 6.17. The Morgan fingerprint density at radius 1 is 1.29 bits per heavy atom. The van der Waals surface area contributed by atoms with Crippen LogP contribution in [0.15, 0.2) is 30.3 Å². The number of nitrogens with one attached hydrogen (secondary N) is 1. The second kappa shape index (κ2) is 4.90. The number of ketones is 1. The van der Waals surface area contributed by atoms with E-state index in [4.69, 9.17) is 17.3 Å². The maximum Gasteiger partial charge on any atom is 0.228 e. The fraction of sp³-hybridized carbons (Fsp3) is 0.125. The molecule has 1 heterocycles. The molecular weight excluding hydrogens is 288 g/mol. The zero-order valence-corrected chi connectivity index (χ0v) is 12.1. The van der Waals surface area contributed by atoms with Crippen LogP contribution in [0.5, 0.6) is 0 Å². The van der Waals surface area contributed by atoms with Crippen molar-refractivity contribution in [2.24, 2.45) is 0 Å². The first kappa shape index (κ1) is 13.6. The van der Waals surface area contributed by atoms with E-state index >= 15 is 0 Å².